The first-order chi connectivity index (χ1) is 16.0. The Labute approximate surface area is 195 Å². The number of thiazole rings is 1. The number of allylic oxidation sites excluding steroid dienone is 1. The molecule has 0 aliphatic carbocycles. The van der Waals surface area contributed by atoms with Crippen LogP contribution in [0.1, 0.15) is 31.3 Å². The highest BCUT2D eigenvalue weighted by atomic mass is 32.1. The molecule has 4 rings (SSSR count). The molecule has 33 heavy (non-hydrogen) atoms. The monoisotopic (exact) mass is 458 g/mol. The molecular weight excluding hydrogens is 436 g/mol. The maximum atomic E-state index is 12.5. The average Bonchev–Trinajstić information content (AvgIpc) is 3.28. The summed E-state index contributed by atoms with van der Waals surface area (Å²) in [4.78, 5) is 17.0. The highest BCUT2D eigenvalue weighted by molar-refractivity contribution is 7.11. The maximum absolute atomic E-state index is 12.5. The van der Waals surface area contributed by atoms with Gasteiger partial charge < -0.3 is 13.9 Å². The van der Waals surface area contributed by atoms with Crippen LogP contribution >= 0.6 is 11.3 Å². The smallest absolute Gasteiger partial charge is 0.345 e. The molecular formula is C26H22N2O4S. The van der Waals surface area contributed by atoms with Crippen molar-refractivity contribution in [2.45, 2.75) is 26.9 Å². The van der Waals surface area contributed by atoms with E-state index in [1.54, 1.807) is 23.6 Å². The summed E-state index contributed by atoms with van der Waals surface area (Å²) < 4.78 is 16.9. The van der Waals surface area contributed by atoms with Crippen LogP contribution in [-0.4, -0.2) is 17.7 Å². The van der Waals surface area contributed by atoms with Crippen LogP contribution in [0.4, 0.5) is 0 Å². The van der Waals surface area contributed by atoms with Crippen molar-refractivity contribution in [2.24, 2.45) is 0 Å². The van der Waals surface area contributed by atoms with Gasteiger partial charge in [0.05, 0.1) is 29.5 Å². The van der Waals surface area contributed by atoms with Gasteiger partial charge in [-0.1, -0.05) is 24.3 Å². The van der Waals surface area contributed by atoms with Crippen molar-refractivity contribution >= 4 is 34.0 Å². The predicted octanol–water partition coefficient (Wildman–Crippen LogP) is 6.17. The molecule has 2 aromatic heterocycles. The summed E-state index contributed by atoms with van der Waals surface area (Å²) in [6, 6.07) is 16.8. The number of fused-ring (bicyclic) bond motifs is 1. The van der Waals surface area contributed by atoms with Crippen LogP contribution < -0.4 is 15.1 Å². The summed E-state index contributed by atoms with van der Waals surface area (Å²) in [6.07, 6.45) is 1.76. The van der Waals surface area contributed by atoms with Crippen LogP contribution in [0, 0.1) is 11.3 Å². The Morgan fingerprint density at radius 3 is 2.79 bits per heavy atom. The number of nitrogens with zero attached hydrogens (tertiary/aromatic N) is 2. The van der Waals surface area contributed by atoms with Crippen LogP contribution in [0.3, 0.4) is 0 Å². The number of para-hydroxylation sites is 1. The number of benzene rings is 2. The van der Waals surface area contributed by atoms with Crippen LogP contribution in [0.2, 0.25) is 0 Å². The third-order valence-electron chi connectivity index (χ3n) is 4.71. The standard InChI is InChI=1S/C26H22N2O4S/c1-4-30-24-12-17(9-10-23(24)31-16(2)3)11-19(14-27)25-28-21(15-33-25)20-13-18-7-5-6-8-22(18)32-26(20)29/h5-13,15-16H,4H2,1-3H3/b19-11+. The Morgan fingerprint density at radius 2 is 2.03 bits per heavy atom. The molecule has 6 nitrogen and oxygen atoms in total. The summed E-state index contributed by atoms with van der Waals surface area (Å²) in [5.41, 5.74) is 2.07. The van der Waals surface area contributed by atoms with Gasteiger partial charge in [0, 0.05) is 10.8 Å². The predicted molar refractivity (Wildman–Crippen MR) is 130 cm³/mol. The molecule has 0 bridgehead atoms. The van der Waals surface area contributed by atoms with E-state index < -0.39 is 5.63 Å². The van der Waals surface area contributed by atoms with Crippen LogP contribution in [0.15, 0.2) is 63.1 Å². The normalized spacial score (nSPS) is 11.5. The number of hydrogen-bond acceptors (Lipinski definition) is 7. The van der Waals surface area contributed by atoms with Crippen molar-refractivity contribution in [3.63, 3.8) is 0 Å². The zero-order valence-electron chi connectivity index (χ0n) is 18.5. The Kier molecular flexibility index (Phi) is 6.57. The third-order valence-corrected chi connectivity index (χ3v) is 5.59. The molecule has 0 amide bonds. The lowest BCUT2D eigenvalue weighted by Crippen LogP contribution is -2.07. The van der Waals surface area contributed by atoms with E-state index in [2.05, 4.69) is 11.1 Å². The minimum Gasteiger partial charge on any atom is -0.490 e. The molecule has 4 aromatic rings. The van der Waals surface area contributed by atoms with Gasteiger partial charge in [-0.2, -0.15) is 5.26 Å². The second-order valence-corrected chi connectivity index (χ2v) is 8.36. The Hall–Kier alpha value is -3.89. The molecule has 0 radical (unpaired) electrons. The van der Waals surface area contributed by atoms with Crippen molar-refractivity contribution in [3.05, 3.63) is 74.9 Å². The van der Waals surface area contributed by atoms with E-state index in [9.17, 15) is 10.1 Å². The van der Waals surface area contributed by atoms with Gasteiger partial charge in [-0.3, -0.25) is 0 Å². The maximum Gasteiger partial charge on any atom is 0.345 e. The van der Waals surface area contributed by atoms with Gasteiger partial charge in [0.25, 0.3) is 0 Å². The highest BCUT2D eigenvalue weighted by Gasteiger charge is 2.14. The zero-order chi connectivity index (χ0) is 23.4. The van der Waals surface area contributed by atoms with Crippen molar-refractivity contribution in [2.75, 3.05) is 6.61 Å². The van der Waals surface area contributed by atoms with E-state index in [0.29, 0.717) is 45.5 Å². The average molecular weight is 459 g/mol. The number of hydrogen-bond donors (Lipinski definition) is 0. The second-order valence-electron chi connectivity index (χ2n) is 7.50. The molecule has 2 heterocycles. The minimum atomic E-state index is -0.463. The van der Waals surface area contributed by atoms with E-state index >= 15 is 0 Å². The van der Waals surface area contributed by atoms with Crippen molar-refractivity contribution in [1.29, 1.82) is 5.26 Å². The van der Waals surface area contributed by atoms with E-state index in [0.717, 1.165) is 10.9 Å². The first kappa shape index (κ1) is 22.3. The Balaban J connectivity index is 1.69. The molecule has 0 aliphatic heterocycles. The first-order valence-corrected chi connectivity index (χ1v) is 11.4. The van der Waals surface area contributed by atoms with E-state index in [4.69, 9.17) is 13.9 Å². The molecule has 166 valence electrons. The lowest BCUT2D eigenvalue weighted by Gasteiger charge is -2.15. The third kappa shape index (κ3) is 4.97. The molecule has 7 heteroatoms. The van der Waals surface area contributed by atoms with Gasteiger partial charge in [-0.15, -0.1) is 11.3 Å². The SMILES string of the molecule is CCOc1cc(/C=C(\C#N)c2nc(-c3cc4ccccc4oc3=O)cs2)ccc1OC(C)C. The minimum absolute atomic E-state index is 0.0155. The van der Waals surface area contributed by atoms with Gasteiger partial charge in [-0.25, -0.2) is 9.78 Å². The lowest BCUT2D eigenvalue weighted by atomic mass is 10.1. The molecule has 0 N–H and O–H groups in total. The fourth-order valence-corrected chi connectivity index (χ4v) is 4.09. The van der Waals surface area contributed by atoms with Crippen LogP contribution in [-0.2, 0) is 0 Å². The molecule has 2 aromatic carbocycles. The summed E-state index contributed by atoms with van der Waals surface area (Å²) >= 11 is 1.30. The van der Waals surface area contributed by atoms with Crippen molar-refractivity contribution in [1.82, 2.24) is 4.98 Å². The van der Waals surface area contributed by atoms with Crippen LogP contribution in [0.5, 0.6) is 11.5 Å². The fourth-order valence-electron chi connectivity index (χ4n) is 3.30. The van der Waals surface area contributed by atoms with Crippen molar-refractivity contribution < 1.29 is 13.9 Å². The van der Waals surface area contributed by atoms with Gasteiger partial charge >= 0.3 is 5.63 Å². The Morgan fingerprint density at radius 1 is 1.21 bits per heavy atom. The van der Waals surface area contributed by atoms with Crippen LogP contribution in [0.25, 0.3) is 33.9 Å². The highest BCUT2D eigenvalue weighted by Crippen LogP contribution is 2.32. The molecule has 0 unspecified atom stereocenters. The topological polar surface area (TPSA) is 85.4 Å². The van der Waals surface area contributed by atoms with Gasteiger partial charge in [0.2, 0.25) is 0 Å². The molecule has 0 fully saturated rings. The zero-order valence-corrected chi connectivity index (χ0v) is 19.3. The molecule has 0 atom stereocenters. The van der Waals surface area contributed by atoms with Crippen molar-refractivity contribution in [3.8, 4) is 28.8 Å². The second kappa shape index (κ2) is 9.72. The van der Waals surface area contributed by atoms with E-state index in [1.165, 1.54) is 11.3 Å². The van der Waals surface area contributed by atoms with E-state index in [1.807, 2.05) is 57.2 Å². The summed E-state index contributed by atoms with van der Waals surface area (Å²) in [5, 5.41) is 12.9. The summed E-state index contributed by atoms with van der Waals surface area (Å²) in [5.74, 6) is 1.27. The number of ether oxygens (including phenoxy) is 2. The largest absolute Gasteiger partial charge is 0.490 e. The molecule has 0 saturated heterocycles. The van der Waals surface area contributed by atoms with Gasteiger partial charge in [0.1, 0.15) is 16.7 Å². The van der Waals surface area contributed by atoms with Gasteiger partial charge in [0.15, 0.2) is 11.5 Å². The summed E-state index contributed by atoms with van der Waals surface area (Å²) in [7, 11) is 0. The molecule has 0 spiro atoms. The quantitative estimate of drug-likeness (QED) is 0.243. The Bertz CT molecular complexity index is 1430. The molecule has 0 saturated carbocycles. The number of rotatable bonds is 7. The lowest BCUT2D eigenvalue weighted by molar-refractivity contribution is 0.224. The number of nitriles is 1. The van der Waals surface area contributed by atoms with Gasteiger partial charge in [-0.05, 0) is 56.7 Å². The van der Waals surface area contributed by atoms with E-state index in [-0.39, 0.29) is 6.10 Å². The first-order valence-electron chi connectivity index (χ1n) is 10.5. The number of aromatic nitrogens is 1. The summed E-state index contributed by atoms with van der Waals surface area (Å²) in [6.45, 7) is 6.31. The molecule has 0 aliphatic rings. The fraction of sp³-hybridized carbons (Fsp3) is 0.192.